The van der Waals surface area contributed by atoms with Crippen molar-refractivity contribution in [3.8, 4) is 0 Å². The minimum atomic E-state index is -4.20. The van der Waals surface area contributed by atoms with Gasteiger partial charge in [0, 0.05) is 5.02 Å². The third kappa shape index (κ3) is 3.40. The van der Waals surface area contributed by atoms with E-state index in [9.17, 15) is 12.8 Å². The predicted molar refractivity (Wildman–Crippen MR) is 82.8 cm³/mol. The SMILES string of the molecule is Cc1ccc(NS(=O)(=O)c2cc(Cl)cc(N)c2F)c(Cl)c1. The molecule has 0 amide bonds. The number of rotatable bonds is 3. The summed E-state index contributed by atoms with van der Waals surface area (Å²) in [4.78, 5) is -0.635. The molecule has 21 heavy (non-hydrogen) atoms. The summed E-state index contributed by atoms with van der Waals surface area (Å²) in [6.07, 6.45) is 0. The van der Waals surface area contributed by atoms with Crippen molar-refractivity contribution in [3.63, 3.8) is 0 Å². The number of nitrogen functional groups attached to an aromatic ring is 1. The molecule has 0 unspecified atom stereocenters. The molecule has 0 fully saturated rings. The number of hydrogen-bond donors (Lipinski definition) is 2. The minimum absolute atomic E-state index is 0.0179. The Morgan fingerprint density at radius 2 is 1.86 bits per heavy atom. The highest BCUT2D eigenvalue weighted by molar-refractivity contribution is 7.92. The van der Waals surface area contributed by atoms with Crippen LogP contribution in [0.15, 0.2) is 35.2 Å². The number of nitrogens with two attached hydrogens (primary N) is 1. The average Bonchev–Trinajstić information content (AvgIpc) is 2.37. The number of aryl methyl sites for hydroxylation is 1. The van der Waals surface area contributed by atoms with Crippen molar-refractivity contribution in [3.05, 3.63) is 51.8 Å². The van der Waals surface area contributed by atoms with Crippen LogP contribution >= 0.6 is 23.2 Å². The van der Waals surface area contributed by atoms with Crippen LogP contribution in [0.2, 0.25) is 10.0 Å². The Morgan fingerprint density at radius 3 is 2.48 bits per heavy atom. The Bertz CT molecular complexity index is 810. The van der Waals surface area contributed by atoms with Crippen LogP contribution in [0, 0.1) is 12.7 Å². The third-order valence-corrected chi connectivity index (χ3v) is 4.59. The lowest BCUT2D eigenvalue weighted by atomic mass is 10.2. The average molecular weight is 349 g/mol. The van der Waals surface area contributed by atoms with Gasteiger partial charge in [-0.15, -0.1) is 0 Å². The lowest BCUT2D eigenvalue weighted by Crippen LogP contribution is -2.15. The first-order valence-electron chi connectivity index (χ1n) is 5.74. The van der Waals surface area contributed by atoms with E-state index >= 15 is 0 Å². The zero-order valence-corrected chi connectivity index (χ0v) is 13.2. The summed E-state index contributed by atoms with van der Waals surface area (Å²) in [7, 11) is -4.20. The number of anilines is 2. The van der Waals surface area contributed by atoms with E-state index in [0.717, 1.165) is 17.7 Å². The van der Waals surface area contributed by atoms with E-state index in [2.05, 4.69) is 4.72 Å². The van der Waals surface area contributed by atoms with Crippen LogP contribution in [0.5, 0.6) is 0 Å². The van der Waals surface area contributed by atoms with Crippen molar-refractivity contribution in [1.82, 2.24) is 0 Å². The molecule has 0 aromatic heterocycles. The van der Waals surface area contributed by atoms with Gasteiger partial charge in [-0.1, -0.05) is 29.3 Å². The van der Waals surface area contributed by atoms with Crippen LogP contribution < -0.4 is 10.5 Å². The zero-order valence-electron chi connectivity index (χ0n) is 10.8. The van der Waals surface area contributed by atoms with Gasteiger partial charge in [-0.05, 0) is 36.8 Å². The van der Waals surface area contributed by atoms with E-state index in [1.54, 1.807) is 12.1 Å². The topological polar surface area (TPSA) is 72.2 Å². The lowest BCUT2D eigenvalue weighted by molar-refractivity contribution is 0.573. The van der Waals surface area contributed by atoms with Crippen LogP contribution in [0.25, 0.3) is 0 Å². The van der Waals surface area contributed by atoms with E-state index in [4.69, 9.17) is 28.9 Å². The maximum absolute atomic E-state index is 13.9. The molecule has 2 rings (SSSR count). The maximum atomic E-state index is 13.9. The highest BCUT2D eigenvalue weighted by atomic mass is 35.5. The lowest BCUT2D eigenvalue weighted by Gasteiger charge is -2.12. The molecule has 0 saturated heterocycles. The molecule has 112 valence electrons. The summed E-state index contributed by atoms with van der Waals surface area (Å²) in [5.74, 6) is -1.06. The van der Waals surface area contributed by atoms with Gasteiger partial charge in [0.2, 0.25) is 0 Å². The van der Waals surface area contributed by atoms with Gasteiger partial charge >= 0.3 is 0 Å². The smallest absolute Gasteiger partial charge is 0.264 e. The quantitative estimate of drug-likeness (QED) is 0.828. The van der Waals surface area contributed by atoms with Crippen molar-refractivity contribution in [2.75, 3.05) is 10.5 Å². The van der Waals surface area contributed by atoms with Crippen LogP contribution in [0.3, 0.4) is 0 Å². The molecule has 0 saturated carbocycles. The van der Waals surface area contributed by atoms with Gasteiger partial charge in [0.15, 0.2) is 5.82 Å². The Kier molecular flexibility index (Phi) is 4.32. The van der Waals surface area contributed by atoms with Crippen LogP contribution in [-0.4, -0.2) is 8.42 Å². The van der Waals surface area contributed by atoms with Gasteiger partial charge < -0.3 is 5.73 Å². The zero-order chi connectivity index (χ0) is 15.8. The van der Waals surface area contributed by atoms with E-state index in [0.29, 0.717) is 0 Å². The second-order valence-electron chi connectivity index (χ2n) is 4.40. The first-order chi connectivity index (χ1) is 9.70. The summed E-state index contributed by atoms with van der Waals surface area (Å²) in [5.41, 5.74) is 6.04. The summed E-state index contributed by atoms with van der Waals surface area (Å²) in [5, 5.41) is 0.221. The molecule has 0 aliphatic heterocycles. The molecule has 3 N–H and O–H groups in total. The van der Waals surface area contributed by atoms with Crippen LogP contribution in [0.4, 0.5) is 15.8 Å². The molecule has 2 aromatic carbocycles. The second kappa shape index (κ2) is 5.71. The second-order valence-corrected chi connectivity index (χ2v) is 6.89. The first kappa shape index (κ1) is 15.9. The molecule has 4 nitrogen and oxygen atoms in total. The molecule has 0 aliphatic rings. The largest absolute Gasteiger partial charge is 0.396 e. The van der Waals surface area contributed by atoms with Crippen LogP contribution in [0.1, 0.15) is 5.56 Å². The van der Waals surface area contributed by atoms with Gasteiger partial charge in [-0.3, -0.25) is 4.72 Å². The standard InChI is InChI=1S/C13H11Cl2FN2O2S/c1-7-2-3-11(9(15)4-7)18-21(19,20)12-6-8(14)5-10(17)13(12)16/h2-6,18H,17H2,1H3. The molecule has 0 heterocycles. The Labute approximate surface area is 131 Å². The van der Waals surface area contributed by atoms with Crippen molar-refractivity contribution in [2.24, 2.45) is 0 Å². The number of nitrogens with one attached hydrogen (secondary N) is 1. The number of halogens is 3. The van der Waals surface area contributed by atoms with E-state index in [1.807, 2.05) is 6.92 Å². The van der Waals surface area contributed by atoms with E-state index in [-0.39, 0.29) is 21.4 Å². The third-order valence-electron chi connectivity index (χ3n) is 2.69. The fourth-order valence-electron chi connectivity index (χ4n) is 1.68. The predicted octanol–water partition coefficient (Wildman–Crippen LogP) is 3.82. The minimum Gasteiger partial charge on any atom is -0.396 e. The van der Waals surface area contributed by atoms with Gasteiger partial charge in [-0.2, -0.15) is 0 Å². The summed E-state index contributed by atoms with van der Waals surface area (Å²) in [6.45, 7) is 1.81. The maximum Gasteiger partial charge on any atom is 0.264 e. The molecule has 0 aliphatic carbocycles. The normalized spacial score (nSPS) is 11.4. The van der Waals surface area contributed by atoms with Gasteiger partial charge in [0.1, 0.15) is 4.90 Å². The number of sulfonamides is 1. The summed E-state index contributed by atoms with van der Waals surface area (Å²) >= 11 is 11.7. The fraction of sp³-hybridized carbons (Fsp3) is 0.0769. The Balaban J connectivity index is 2.48. The van der Waals surface area contributed by atoms with Gasteiger partial charge in [-0.25, -0.2) is 12.8 Å². The van der Waals surface area contributed by atoms with Crippen molar-refractivity contribution < 1.29 is 12.8 Å². The van der Waals surface area contributed by atoms with Crippen molar-refractivity contribution >= 4 is 44.6 Å². The highest BCUT2D eigenvalue weighted by Crippen LogP contribution is 2.29. The molecular weight excluding hydrogens is 338 g/mol. The fourth-order valence-corrected chi connectivity index (χ4v) is 3.53. The monoisotopic (exact) mass is 348 g/mol. The van der Waals surface area contributed by atoms with Crippen molar-refractivity contribution in [2.45, 2.75) is 11.8 Å². The number of hydrogen-bond acceptors (Lipinski definition) is 3. The summed E-state index contributed by atoms with van der Waals surface area (Å²) in [6, 6.07) is 6.86. The highest BCUT2D eigenvalue weighted by Gasteiger charge is 2.22. The van der Waals surface area contributed by atoms with E-state index in [1.165, 1.54) is 6.07 Å². The van der Waals surface area contributed by atoms with Crippen molar-refractivity contribution in [1.29, 1.82) is 0 Å². The van der Waals surface area contributed by atoms with Gasteiger partial charge in [0.25, 0.3) is 10.0 Å². The Hall–Kier alpha value is -1.50. The van der Waals surface area contributed by atoms with Crippen LogP contribution in [-0.2, 0) is 10.0 Å². The Morgan fingerprint density at radius 1 is 1.19 bits per heavy atom. The molecular formula is C13H11Cl2FN2O2S. The van der Waals surface area contributed by atoms with Gasteiger partial charge in [0.05, 0.1) is 16.4 Å². The number of benzene rings is 2. The molecule has 2 aromatic rings. The molecule has 0 radical (unpaired) electrons. The molecule has 0 bridgehead atoms. The molecule has 0 spiro atoms. The first-order valence-corrected chi connectivity index (χ1v) is 7.98. The summed E-state index contributed by atoms with van der Waals surface area (Å²) < 4.78 is 40.6. The van der Waals surface area contributed by atoms with E-state index < -0.39 is 20.7 Å². The molecule has 8 heteroatoms. The molecule has 0 atom stereocenters.